The molecule has 2 amide bonds. The molecule has 0 spiro atoms. The van der Waals surface area contributed by atoms with Crippen LogP contribution >= 0.6 is 0 Å². The van der Waals surface area contributed by atoms with Crippen LogP contribution in [0.4, 0.5) is 0 Å². The third-order valence-electron chi connectivity index (χ3n) is 9.19. The summed E-state index contributed by atoms with van der Waals surface area (Å²) < 4.78 is 0. The molecule has 1 saturated heterocycles. The summed E-state index contributed by atoms with van der Waals surface area (Å²) in [5, 5.41) is 27.9. The summed E-state index contributed by atoms with van der Waals surface area (Å²) in [7, 11) is 4.03. The van der Waals surface area contributed by atoms with Gasteiger partial charge in [-0.2, -0.15) is 5.06 Å². The molecule has 9 heteroatoms. The van der Waals surface area contributed by atoms with E-state index >= 15 is 0 Å². The maximum absolute atomic E-state index is 13.8. The van der Waals surface area contributed by atoms with Crippen molar-refractivity contribution in [3.05, 3.63) is 59.7 Å². The lowest BCUT2D eigenvalue weighted by Crippen LogP contribution is -2.52. The normalized spacial score (nSPS) is 25.2. The number of nitrogens with one attached hydrogen (secondary N) is 2. The third kappa shape index (κ3) is 8.88. The number of carbonyl (C=O) groups excluding carboxylic acids is 2. The van der Waals surface area contributed by atoms with Crippen LogP contribution in [-0.2, 0) is 16.2 Å². The molecule has 1 heterocycles. The topological polar surface area (TPSA) is 114 Å². The maximum Gasteiger partial charge on any atom is 0.251 e. The highest BCUT2D eigenvalue weighted by molar-refractivity contribution is 5.95. The Morgan fingerprint density at radius 3 is 2.50 bits per heavy atom. The summed E-state index contributed by atoms with van der Waals surface area (Å²) in [4.78, 5) is 34.9. The van der Waals surface area contributed by atoms with Crippen LogP contribution in [0.2, 0.25) is 0 Å². The number of hydrogen-bond acceptors (Lipinski definition) is 7. The van der Waals surface area contributed by atoms with Crippen LogP contribution in [0.5, 0.6) is 0 Å². The minimum absolute atomic E-state index is 0.0844. The monoisotopic (exact) mass is 608 g/mol. The first kappa shape index (κ1) is 34.1. The lowest BCUT2D eigenvalue weighted by molar-refractivity contribution is -0.182. The summed E-state index contributed by atoms with van der Waals surface area (Å²) in [6.45, 7) is 8.30. The van der Waals surface area contributed by atoms with E-state index in [0.717, 1.165) is 48.9 Å². The lowest BCUT2D eigenvalue weighted by Gasteiger charge is -2.40. The molecule has 1 saturated carbocycles. The standard InChI is InChI=1S/C35H52N4O5/c1-24-21-35(2,3)15-13-30(24)37-34(43)32-29(14-18-40)31(23-41)44-39(32)22-25-9-6-10-26(19-25)27-11-7-12-28(20-27)33(42)36-16-8-17-38(4)5/h6-7,9-12,19-20,24,29-32,40-41H,8,13-18,21-23H2,1-5H3,(H,36,42)(H,37,43)/t24?,29?,30-,31?,32?/m0/s1. The number of benzene rings is 2. The quantitative estimate of drug-likeness (QED) is 0.256. The van der Waals surface area contributed by atoms with Gasteiger partial charge >= 0.3 is 0 Å². The molecule has 4 rings (SSSR count). The van der Waals surface area contributed by atoms with Crippen LogP contribution in [0.3, 0.4) is 0 Å². The van der Waals surface area contributed by atoms with Crippen molar-refractivity contribution in [3.63, 3.8) is 0 Å². The van der Waals surface area contributed by atoms with Crippen LogP contribution < -0.4 is 10.6 Å². The van der Waals surface area contributed by atoms with E-state index in [1.807, 2.05) is 62.6 Å². The van der Waals surface area contributed by atoms with Gasteiger partial charge in [-0.05, 0) is 99.0 Å². The molecule has 2 fully saturated rings. The van der Waals surface area contributed by atoms with Crippen molar-refractivity contribution in [1.29, 1.82) is 0 Å². The van der Waals surface area contributed by atoms with Crippen molar-refractivity contribution in [3.8, 4) is 11.1 Å². The molecule has 4 unspecified atom stereocenters. The van der Waals surface area contributed by atoms with Gasteiger partial charge in [0, 0.05) is 30.7 Å². The molecule has 2 aromatic carbocycles. The molecule has 9 nitrogen and oxygen atoms in total. The Labute approximate surface area is 262 Å². The molecule has 44 heavy (non-hydrogen) atoms. The second-order valence-electron chi connectivity index (χ2n) is 13.7. The fourth-order valence-corrected chi connectivity index (χ4v) is 6.85. The Bertz CT molecular complexity index is 1250. The summed E-state index contributed by atoms with van der Waals surface area (Å²) in [6.07, 6.45) is 3.70. The lowest BCUT2D eigenvalue weighted by atomic mass is 9.70. The number of aliphatic hydroxyl groups is 2. The molecule has 2 aliphatic rings. The minimum atomic E-state index is -0.635. The Balaban J connectivity index is 1.49. The average molecular weight is 609 g/mol. The predicted molar refractivity (Wildman–Crippen MR) is 173 cm³/mol. The van der Waals surface area contributed by atoms with Gasteiger partial charge < -0.3 is 25.7 Å². The molecule has 1 aliphatic carbocycles. The zero-order valence-corrected chi connectivity index (χ0v) is 27.1. The van der Waals surface area contributed by atoms with E-state index in [4.69, 9.17) is 4.84 Å². The number of rotatable bonds is 13. The van der Waals surface area contributed by atoms with E-state index in [-0.39, 0.29) is 42.4 Å². The van der Waals surface area contributed by atoms with Crippen molar-refractivity contribution >= 4 is 11.8 Å². The summed E-state index contributed by atoms with van der Waals surface area (Å²) in [5.41, 5.74) is 3.69. The number of nitrogens with zero attached hydrogens (tertiary/aromatic N) is 2. The number of amides is 2. The summed E-state index contributed by atoms with van der Waals surface area (Å²) in [6, 6.07) is 15.0. The Hall–Kier alpha value is -2.82. The van der Waals surface area contributed by atoms with Gasteiger partial charge in [0.2, 0.25) is 5.91 Å². The van der Waals surface area contributed by atoms with Crippen LogP contribution in [0.15, 0.2) is 48.5 Å². The molecule has 0 radical (unpaired) electrons. The van der Waals surface area contributed by atoms with E-state index in [2.05, 4.69) is 36.3 Å². The first-order chi connectivity index (χ1) is 21.0. The minimum Gasteiger partial charge on any atom is -0.396 e. The summed E-state index contributed by atoms with van der Waals surface area (Å²) in [5.74, 6) is -0.189. The van der Waals surface area contributed by atoms with Gasteiger partial charge in [0.05, 0.1) is 13.2 Å². The zero-order chi connectivity index (χ0) is 31.9. The average Bonchev–Trinajstić information content (AvgIpc) is 3.33. The van der Waals surface area contributed by atoms with Gasteiger partial charge in [0.25, 0.3) is 5.91 Å². The number of hydroxylamine groups is 2. The fourth-order valence-electron chi connectivity index (χ4n) is 6.85. The van der Waals surface area contributed by atoms with Gasteiger partial charge in [0.15, 0.2) is 0 Å². The van der Waals surface area contributed by atoms with Crippen LogP contribution in [0, 0.1) is 17.3 Å². The highest BCUT2D eigenvalue weighted by Gasteiger charge is 2.47. The molecule has 5 atom stereocenters. The number of hydrogen-bond donors (Lipinski definition) is 4. The zero-order valence-electron chi connectivity index (χ0n) is 27.1. The Morgan fingerprint density at radius 1 is 1.09 bits per heavy atom. The maximum atomic E-state index is 13.8. The van der Waals surface area contributed by atoms with E-state index < -0.39 is 12.1 Å². The SMILES string of the molecule is CC1CC(C)(C)CC[C@@H]1NC(=O)C1C(CCO)C(CO)ON1Cc1cccc(-c2cccc(C(=O)NCCCN(C)C)c2)c1. The molecule has 4 N–H and O–H groups in total. The molecule has 2 aromatic rings. The van der Waals surface area contributed by atoms with E-state index in [1.54, 1.807) is 5.06 Å². The fraction of sp³-hybridized carbons (Fsp3) is 0.600. The Morgan fingerprint density at radius 2 is 1.82 bits per heavy atom. The number of aliphatic hydroxyl groups excluding tert-OH is 2. The van der Waals surface area contributed by atoms with Crippen molar-refractivity contribution < 1.29 is 24.6 Å². The molecule has 0 bridgehead atoms. The largest absolute Gasteiger partial charge is 0.396 e. The molecular weight excluding hydrogens is 556 g/mol. The van der Waals surface area contributed by atoms with Gasteiger partial charge in [-0.1, -0.05) is 51.1 Å². The summed E-state index contributed by atoms with van der Waals surface area (Å²) >= 11 is 0. The molecule has 1 aliphatic heterocycles. The van der Waals surface area contributed by atoms with Crippen molar-refractivity contribution in [2.24, 2.45) is 17.3 Å². The van der Waals surface area contributed by atoms with Crippen LogP contribution in [0.25, 0.3) is 11.1 Å². The first-order valence-corrected chi connectivity index (χ1v) is 16.1. The van der Waals surface area contributed by atoms with Crippen LogP contribution in [-0.4, -0.2) is 90.6 Å². The van der Waals surface area contributed by atoms with E-state index in [0.29, 0.717) is 31.0 Å². The predicted octanol–water partition coefficient (Wildman–Crippen LogP) is 3.84. The van der Waals surface area contributed by atoms with Gasteiger partial charge in [0.1, 0.15) is 12.1 Å². The highest BCUT2D eigenvalue weighted by Crippen LogP contribution is 2.39. The number of carbonyl (C=O) groups is 2. The van der Waals surface area contributed by atoms with Crippen LogP contribution in [0.1, 0.15) is 68.8 Å². The highest BCUT2D eigenvalue weighted by atomic mass is 16.7. The second kappa shape index (κ2) is 15.5. The van der Waals surface area contributed by atoms with Gasteiger partial charge in [-0.3, -0.25) is 14.4 Å². The second-order valence-corrected chi connectivity index (χ2v) is 13.7. The molecular formula is C35H52N4O5. The first-order valence-electron chi connectivity index (χ1n) is 16.1. The van der Waals surface area contributed by atoms with Gasteiger partial charge in [-0.15, -0.1) is 0 Å². The van der Waals surface area contributed by atoms with Crippen molar-refractivity contribution in [1.82, 2.24) is 20.6 Å². The molecule has 242 valence electrons. The van der Waals surface area contributed by atoms with Crippen molar-refractivity contribution in [2.75, 3.05) is 40.4 Å². The van der Waals surface area contributed by atoms with Gasteiger partial charge in [-0.25, -0.2) is 0 Å². The third-order valence-corrected chi connectivity index (χ3v) is 9.19. The van der Waals surface area contributed by atoms with Crippen molar-refractivity contribution in [2.45, 2.75) is 77.6 Å². The van der Waals surface area contributed by atoms with E-state index in [1.165, 1.54) is 0 Å². The molecule has 0 aromatic heterocycles. The van der Waals surface area contributed by atoms with E-state index in [9.17, 15) is 19.8 Å². The smallest absolute Gasteiger partial charge is 0.251 e. The Kier molecular flexibility index (Phi) is 12.0.